The van der Waals surface area contributed by atoms with Gasteiger partial charge in [0.05, 0.1) is 13.7 Å². The number of aliphatic hydroxyl groups is 1. The lowest BCUT2D eigenvalue weighted by atomic mass is 10.1. The Morgan fingerprint density at radius 3 is 2.26 bits per heavy atom. The lowest BCUT2D eigenvalue weighted by Gasteiger charge is -2.09. The molecule has 23 heavy (non-hydrogen) atoms. The molecular weight excluding hydrogens is 296 g/mol. The number of anilines is 1. The van der Waals surface area contributed by atoms with E-state index >= 15 is 0 Å². The number of carbonyl (C=O) groups excluding carboxylic acids is 2. The molecule has 0 saturated heterocycles. The van der Waals surface area contributed by atoms with Crippen LogP contribution >= 0.6 is 0 Å². The monoisotopic (exact) mass is 314 g/mol. The van der Waals surface area contributed by atoms with E-state index in [2.05, 4.69) is 10.6 Å². The Hall–Kier alpha value is -2.86. The van der Waals surface area contributed by atoms with Gasteiger partial charge in [-0.2, -0.15) is 0 Å². The lowest BCUT2D eigenvalue weighted by molar-refractivity contribution is -0.136. The van der Waals surface area contributed by atoms with Crippen molar-refractivity contribution < 1.29 is 19.4 Å². The molecule has 0 bridgehead atoms. The summed E-state index contributed by atoms with van der Waals surface area (Å²) in [5, 5.41) is 14.3. The normalized spacial score (nSPS) is 10.0. The molecular formula is C17H18N2O4. The zero-order valence-electron chi connectivity index (χ0n) is 12.7. The van der Waals surface area contributed by atoms with E-state index in [1.165, 1.54) is 0 Å². The van der Waals surface area contributed by atoms with Crippen LogP contribution in [-0.2, 0) is 22.7 Å². The first-order valence-corrected chi connectivity index (χ1v) is 7.05. The van der Waals surface area contributed by atoms with Gasteiger partial charge in [0.1, 0.15) is 5.75 Å². The molecule has 0 fully saturated rings. The van der Waals surface area contributed by atoms with Crippen LogP contribution in [0.4, 0.5) is 5.69 Å². The highest BCUT2D eigenvalue weighted by molar-refractivity contribution is 6.39. The molecule has 0 radical (unpaired) electrons. The van der Waals surface area contributed by atoms with Gasteiger partial charge in [0.25, 0.3) is 0 Å². The van der Waals surface area contributed by atoms with E-state index < -0.39 is 11.8 Å². The maximum absolute atomic E-state index is 11.8. The Morgan fingerprint density at radius 2 is 1.65 bits per heavy atom. The lowest BCUT2D eigenvalue weighted by Crippen LogP contribution is -2.35. The van der Waals surface area contributed by atoms with Crippen molar-refractivity contribution in [1.29, 1.82) is 0 Å². The highest BCUT2D eigenvalue weighted by Crippen LogP contribution is 2.14. The van der Waals surface area contributed by atoms with Gasteiger partial charge in [-0.25, -0.2) is 0 Å². The van der Waals surface area contributed by atoms with Gasteiger partial charge in [0.15, 0.2) is 0 Å². The summed E-state index contributed by atoms with van der Waals surface area (Å²) in [6.07, 6.45) is 0. The van der Waals surface area contributed by atoms with Crippen LogP contribution in [0, 0.1) is 0 Å². The molecule has 0 aliphatic carbocycles. The summed E-state index contributed by atoms with van der Waals surface area (Å²) >= 11 is 0. The van der Waals surface area contributed by atoms with Gasteiger partial charge in [-0.15, -0.1) is 0 Å². The van der Waals surface area contributed by atoms with Crippen LogP contribution in [0.1, 0.15) is 11.1 Å². The Morgan fingerprint density at radius 1 is 1.00 bits per heavy atom. The molecule has 6 heteroatoms. The van der Waals surface area contributed by atoms with Gasteiger partial charge < -0.3 is 20.5 Å². The number of methoxy groups -OCH3 is 1. The summed E-state index contributed by atoms with van der Waals surface area (Å²) in [5.74, 6) is -0.835. The first-order valence-electron chi connectivity index (χ1n) is 7.05. The Kier molecular flexibility index (Phi) is 5.71. The van der Waals surface area contributed by atoms with Gasteiger partial charge in [-0.1, -0.05) is 24.3 Å². The Labute approximate surface area is 134 Å². The van der Waals surface area contributed by atoms with Gasteiger partial charge in [0, 0.05) is 12.2 Å². The molecule has 0 aromatic heterocycles. The second kappa shape index (κ2) is 7.95. The largest absolute Gasteiger partial charge is 0.497 e. The fraction of sp³-hybridized carbons (Fsp3) is 0.176. The molecule has 2 amide bonds. The Bertz CT molecular complexity index is 683. The minimum Gasteiger partial charge on any atom is -0.497 e. The van der Waals surface area contributed by atoms with Gasteiger partial charge in [-0.3, -0.25) is 9.59 Å². The molecule has 3 N–H and O–H groups in total. The van der Waals surface area contributed by atoms with Crippen LogP contribution in [0.15, 0.2) is 48.5 Å². The topological polar surface area (TPSA) is 87.7 Å². The SMILES string of the molecule is COc1ccc(NC(=O)C(=O)NCc2ccccc2CO)cc1. The van der Waals surface area contributed by atoms with Crippen LogP contribution in [0.3, 0.4) is 0 Å². The second-order valence-corrected chi connectivity index (χ2v) is 4.79. The van der Waals surface area contributed by atoms with E-state index in [4.69, 9.17) is 4.74 Å². The molecule has 0 heterocycles. The fourth-order valence-electron chi connectivity index (χ4n) is 2.00. The number of carbonyl (C=O) groups is 2. The van der Waals surface area contributed by atoms with Crippen molar-refractivity contribution in [2.45, 2.75) is 13.2 Å². The molecule has 0 atom stereocenters. The predicted molar refractivity (Wildman–Crippen MR) is 85.8 cm³/mol. The average Bonchev–Trinajstić information content (AvgIpc) is 2.60. The maximum Gasteiger partial charge on any atom is 0.313 e. The summed E-state index contributed by atoms with van der Waals surface area (Å²) < 4.78 is 5.02. The summed E-state index contributed by atoms with van der Waals surface area (Å²) in [6.45, 7) is 0.0513. The van der Waals surface area contributed by atoms with E-state index in [0.29, 0.717) is 17.0 Å². The molecule has 0 unspecified atom stereocenters. The van der Waals surface area contributed by atoms with Crippen LogP contribution in [-0.4, -0.2) is 24.0 Å². The smallest absolute Gasteiger partial charge is 0.313 e. The molecule has 120 valence electrons. The standard InChI is InChI=1S/C17H18N2O4/c1-23-15-8-6-14(7-9-15)19-17(22)16(21)18-10-12-4-2-3-5-13(12)11-20/h2-9,20H,10-11H2,1H3,(H,18,21)(H,19,22). The quantitative estimate of drug-likeness (QED) is 0.729. The van der Waals surface area contributed by atoms with Crippen molar-refractivity contribution in [3.63, 3.8) is 0 Å². The van der Waals surface area contributed by atoms with E-state index in [-0.39, 0.29) is 13.2 Å². The van der Waals surface area contributed by atoms with Crippen molar-refractivity contribution in [1.82, 2.24) is 5.32 Å². The zero-order chi connectivity index (χ0) is 16.7. The van der Waals surface area contributed by atoms with Crippen LogP contribution in [0.2, 0.25) is 0 Å². The van der Waals surface area contributed by atoms with Crippen LogP contribution in [0.25, 0.3) is 0 Å². The molecule has 6 nitrogen and oxygen atoms in total. The highest BCUT2D eigenvalue weighted by atomic mass is 16.5. The predicted octanol–water partition coefficient (Wildman–Crippen LogP) is 1.44. The number of hydrogen-bond acceptors (Lipinski definition) is 4. The summed E-state index contributed by atoms with van der Waals surface area (Å²) in [7, 11) is 1.55. The number of amides is 2. The van der Waals surface area contributed by atoms with Crippen molar-refractivity contribution in [3.05, 3.63) is 59.7 Å². The van der Waals surface area contributed by atoms with Crippen LogP contribution < -0.4 is 15.4 Å². The zero-order valence-corrected chi connectivity index (χ0v) is 12.7. The molecule has 0 saturated carbocycles. The van der Waals surface area contributed by atoms with Crippen molar-refractivity contribution in [3.8, 4) is 5.75 Å². The number of benzene rings is 2. The van der Waals surface area contributed by atoms with E-state index in [1.807, 2.05) is 0 Å². The third-order valence-corrected chi connectivity index (χ3v) is 3.28. The van der Waals surface area contributed by atoms with E-state index in [0.717, 1.165) is 5.56 Å². The molecule has 2 rings (SSSR count). The van der Waals surface area contributed by atoms with Gasteiger partial charge in [-0.05, 0) is 35.4 Å². The van der Waals surface area contributed by atoms with E-state index in [9.17, 15) is 14.7 Å². The molecule has 2 aromatic carbocycles. The third kappa shape index (κ3) is 4.55. The highest BCUT2D eigenvalue weighted by Gasteiger charge is 2.14. The molecule has 0 aliphatic rings. The molecule has 0 spiro atoms. The number of nitrogens with one attached hydrogen (secondary N) is 2. The fourth-order valence-corrected chi connectivity index (χ4v) is 2.00. The number of rotatable bonds is 5. The summed E-state index contributed by atoms with van der Waals surface area (Å²) in [6, 6.07) is 13.8. The maximum atomic E-state index is 11.8. The van der Waals surface area contributed by atoms with E-state index in [1.54, 1.807) is 55.6 Å². The molecule has 2 aromatic rings. The number of hydrogen-bond donors (Lipinski definition) is 3. The number of ether oxygens (including phenoxy) is 1. The van der Waals surface area contributed by atoms with Crippen LogP contribution in [0.5, 0.6) is 5.75 Å². The van der Waals surface area contributed by atoms with Gasteiger partial charge >= 0.3 is 11.8 Å². The first-order chi connectivity index (χ1) is 11.1. The minimum absolute atomic E-state index is 0.121. The minimum atomic E-state index is -0.753. The second-order valence-electron chi connectivity index (χ2n) is 4.79. The van der Waals surface area contributed by atoms with Crippen molar-refractivity contribution in [2.75, 3.05) is 12.4 Å². The average molecular weight is 314 g/mol. The van der Waals surface area contributed by atoms with Gasteiger partial charge in [0.2, 0.25) is 0 Å². The Balaban J connectivity index is 1.90. The third-order valence-electron chi connectivity index (χ3n) is 3.28. The van der Waals surface area contributed by atoms with Crippen molar-refractivity contribution >= 4 is 17.5 Å². The number of aliphatic hydroxyl groups excluding tert-OH is 1. The van der Waals surface area contributed by atoms with Crippen molar-refractivity contribution in [2.24, 2.45) is 0 Å². The first kappa shape index (κ1) is 16.5. The summed E-state index contributed by atoms with van der Waals surface area (Å²) in [4.78, 5) is 23.7. The molecule has 0 aliphatic heterocycles. The summed E-state index contributed by atoms with van der Waals surface area (Å²) in [5.41, 5.74) is 1.98.